The second-order valence-electron chi connectivity index (χ2n) is 6.35. The SMILES string of the molecule is CNCc1sc2ccccc2c1CN1CCOC(C)(C)C1. The van der Waals surface area contributed by atoms with Crippen LogP contribution in [0.3, 0.4) is 0 Å². The highest BCUT2D eigenvalue weighted by Crippen LogP contribution is 2.33. The van der Waals surface area contributed by atoms with Crippen molar-refractivity contribution in [3.8, 4) is 0 Å². The van der Waals surface area contributed by atoms with Crippen LogP contribution >= 0.6 is 11.3 Å². The fourth-order valence-corrected chi connectivity index (χ4v) is 4.33. The van der Waals surface area contributed by atoms with Gasteiger partial charge in [0.05, 0.1) is 12.2 Å². The summed E-state index contributed by atoms with van der Waals surface area (Å²) >= 11 is 1.92. The van der Waals surface area contributed by atoms with E-state index in [1.807, 2.05) is 18.4 Å². The van der Waals surface area contributed by atoms with Crippen molar-refractivity contribution in [2.24, 2.45) is 0 Å². The fraction of sp³-hybridized carbons (Fsp3) is 0.529. The zero-order valence-electron chi connectivity index (χ0n) is 13.1. The molecule has 0 radical (unpaired) electrons. The summed E-state index contributed by atoms with van der Waals surface area (Å²) in [5.41, 5.74) is 1.45. The van der Waals surface area contributed by atoms with Crippen molar-refractivity contribution < 1.29 is 4.74 Å². The summed E-state index contributed by atoms with van der Waals surface area (Å²) in [7, 11) is 2.02. The van der Waals surface area contributed by atoms with Gasteiger partial charge in [0.25, 0.3) is 0 Å². The van der Waals surface area contributed by atoms with Crippen molar-refractivity contribution in [2.45, 2.75) is 32.5 Å². The maximum absolute atomic E-state index is 5.83. The van der Waals surface area contributed by atoms with Crippen molar-refractivity contribution in [2.75, 3.05) is 26.7 Å². The van der Waals surface area contributed by atoms with Crippen molar-refractivity contribution >= 4 is 21.4 Å². The summed E-state index contributed by atoms with van der Waals surface area (Å²) in [6, 6.07) is 8.76. The van der Waals surface area contributed by atoms with Gasteiger partial charge >= 0.3 is 0 Å². The average molecular weight is 304 g/mol. The Morgan fingerprint density at radius 1 is 1.33 bits per heavy atom. The zero-order chi connectivity index (χ0) is 14.9. The third-order valence-corrected chi connectivity index (χ3v) is 5.22. The standard InChI is InChI=1S/C17H24N2OS/c1-17(2)12-19(8-9-20-17)11-14-13-6-4-5-7-15(13)21-16(14)10-18-3/h4-7,18H,8-12H2,1-3H3. The number of ether oxygens (including phenoxy) is 1. The molecule has 1 aliphatic rings. The number of nitrogens with one attached hydrogen (secondary N) is 1. The van der Waals surface area contributed by atoms with Crippen LogP contribution in [-0.2, 0) is 17.8 Å². The number of hydrogen-bond acceptors (Lipinski definition) is 4. The molecule has 0 spiro atoms. The largest absolute Gasteiger partial charge is 0.373 e. The lowest BCUT2D eigenvalue weighted by Gasteiger charge is -2.38. The summed E-state index contributed by atoms with van der Waals surface area (Å²) in [5, 5.41) is 4.72. The molecule has 114 valence electrons. The van der Waals surface area contributed by atoms with Crippen LogP contribution in [0, 0.1) is 0 Å². The van der Waals surface area contributed by atoms with Gasteiger partial charge in [0.15, 0.2) is 0 Å². The first-order chi connectivity index (χ1) is 10.1. The monoisotopic (exact) mass is 304 g/mol. The molecule has 1 aliphatic heterocycles. The van der Waals surface area contributed by atoms with Crippen LogP contribution in [0.5, 0.6) is 0 Å². The molecule has 3 rings (SSSR count). The molecule has 0 unspecified atom stereocenters. The van der Waals surface area contributed by atoms with Gasteiger partial charge in [0, 0.05) is 35.8 Å². The molecular weight excluding hydrogens is 280 g/mol. The van der Waals surface area contributed by atoms with Crippen molar-refractivity contribution in [3.05, 3.63) is 34.7 Å². The Balaban J connectivity index is 1.89. The Hall–Kier alpha value is -0.940. The molecule has 4 heteroatoms. The van der Waals surface area contributed by atoms with Gasteiger partial charge in [-0.2, -0.15) is 0 Å². The fourth-order valence-electron chi connectivity index (χ4n) is 3.10. The van der Waals surface area contributed by atoms with Gasteiger partial charge in [0.2, 0.25) is 0 Å². The zero-order valence-corrected chi connectivity index (χ0v) is 13.9. The van der Waals surface area contributed by atoms with E-state index >= 15 is 0 Å². The highest BCUT2D eigenvalue weighted by molar-refractivity contribution is 7.19. The van der Waals surface area contributed by atoms with Crippen LogP contribution in [0.25, 0.3) is 10.1 Å². The van der Waals surface area contributed by atoms with Crippen LogP contribution in [-0.4, -0.2) is 37.2 Å². The van der Waals surface area contributed by atoms with Gasteiger partial charge in [-0.3, -0.25) is 4.90 Å². The molecule has 0 saturated carbocycles. The molecule has 1 aromatic carbocycles. The Morgan fingerprint density at radius 3 is 2.90 bits per heavy atom. The summed E-state index contributed by atoms with van der Waals surface area (Å²) < 4.78 is 7.22. The van der Waals surface area contributed by atoms with Gasteiger partial charge in [-0.15, -0.1) is 11.3 Å². The second kappa shape index (κ2) is 6.05. The van der Waals surface area contributed by atoms with Gasteiger partial charge in [-0.05, 0) is 37.9 Å². The number of fused-ring (bicyclic) bond motifs is 1. The molecule has 21 heavy (non-hydrogen) atoms. The Morgan fingerprint density at radius 2 is 2.14 bits per heavy atom. The smallest absolute Gasteiger partial charge is 0.0753 e. The number of rotatable bonds is 4. The average Bonchev–Trinajstić information content (AvgIpc) is 2.76. The predicted octanol–water partition coefficient (Wildman–Crippen LogP) is 3.23. The highest BCUT2D eigenvalue weighted by atomic mass is 32.1. The van der Waals surface area contributed by atoms with Crippen LogP contribution in [0.2, 0.25) is 0 Å². The van der Waals surface area contributed by atoms with Gasteiger partial charge in [-0.25, -0.2) is 0 Å². The maximum atomic E-state index is 5.83. The van der Waals surface area contributed by atoms with Crippen LogP contribution in [0.15, 0.2) is 24.3 Å². The molecule has 3 nitrogen and oxygen atoms in total. The lowest BCUT2D eigenvalue weighted by atomic mass is 10.1. The highest BCUT2D eigenvalue weighted by Gasteiger charge is 2.28. The number of hydrogen-bond donors (Lipinski definition) is 1. The molecule has 0 amide bonds. The van der Waals surface area contributed by atoms with E-state index in [0.717, 1.165) is 32.8 Å². The summed E-state index contributed by atoms with van der Waals surface area (Å²) in [6.07, 6.45) is 0. The lowest BCUT2D eigenvalue weighted by molar-refractivity contribution is -0.0882. The molecule has 2 heterocycles. The third kappa shape index (κ3) is 3.29. The molecule has 0 bridgehead atoms. The molecule has 1 fully saturated rings. The molecule has 0 atom stereocenters. The number of nitrogens with zero attached hydrogens (tertiary/aromatic N) is 1. The maximum Gasteiger partial charge on any atom is 0.0753 e. The molecular formula is C17H24N2OS. The Bertz CT molecular complexity index is 620. The molecule has 1 aromatic heterocycles. The van der Waals surface area contributed by atoms with E-state index in [1.165, 1.54) is 20.5 Å². The predicted molar refractivity (Wildman–Crippen MR) is 89.9 cm³/mol. The second-order valence-corrected chi connectivity index (χ2v) is 7.49. The summed E-state index contributed by atoms with van der Waals surface area (Å²) in [5.74, 6) is 0. The van der Waals surface area contributed by atoms with E-state index in [4.69, 9.17) is 4.74 Å². The van der Waals surface area contributed by atoms with Gasteiger partial charge < -0.3 is 10.1 Å². The minimum atomic E-state index is -0.0345. The van der Waals surface area contributed by atoms with Gasteiger partial charge in [-0.1, -0.05) is 18.2 Å². The minimum Gasteiger partial charge on any atom is -0.373 e. The van der Waals surface area contributed by atoms with E-state index in [1.54, 1.807) is 0 Å². The van der Waals surface area contributed by atoms with Crippen molar-refractivity contribution in [1.29, 1.82) is 0 Å². The Labute approximate surface area is 130 Å². The normalized spacial score (nSPS) is 19.2. The van der Waals surface area contributed by atoms with Crippen molar-refractivity contribution in [1.82, 2.24) is 10.2 Å². The summed E-state index contributed by atoms with van der Waals surface area (Å²) in [6.45, 7) is 9.17. The van der Waals surface area contributed by atoms with E-state index in [2.05, 4.69) is 48.3 Å². The number of benzene rings is 1. The third-order valence-electron chi connectivity index (χ3n) is 4.01. The van der Waals surface area contributed by atoms with Crippen LogP contribution in [0.4, 0.5) is 0 Å². The van der Waals surface area contributed by atoms with Gasteiger partial charge in [0.1, 0.15) is 0 Å². The topological polar surface area (TPSA) is 24.5 Å². The Kier molecular flexibility index (Phi) is 4.31. The van der Waals surface area contributed by atoms with Crippen LogP contribution < -0.4 is 5.32 Å². The first kappa shape index (κ1) is 15.0. The van der Waals surface area contributed by atoms with E-state index in [-0.39, 0.29) is 5.60 Å². The number of thiophene rings is 1. The quantitative estimate of drug-likeness (QED) is 0.938. The van der Waals surface area contributed by atoms with Crippen LogP contribution in [0.1, 0.15) is 24.3 Å². The van der Waals surface area contributed by atoms with Crippen molar-refractivity contribution in [3.63, 3.8) is 0 Å². The molecule has 1 saturated heterocycles. The summed E-state index contributed by atoms with van der Waals surface area (Å²) in [4.78, 5) is 3.99. The molecule has 0 aliphatic carbocycles. The van der Waals surface area contributed by atoms with E-state index in [0.29, 0.717) is 0 Å². The molecule has 1 N–H and O–H groups in total. The van der Waals surface area contributed by atoms with E-state index in [9.17, 15) is 0 Å². The first-order valence-corrected chi connectivity index (χ1v) is 8.41. The number of morpholine rings is 1. The minimum absolute atomic E-state index is 0.0345. The first-order valence-electron chi connectivity index (χ1n) is 7.59. The lowest BCUT2D eigenvalue weighted by Crippen LogP contribution is -2.47. The molecule has 2 aromatic rings. The van der Waals surface area contributed by atoms with E-state index < -0.39 is 0 Å².